The number of hydrogen-bond donors (Lipinski definition) is 0. The summed E-state index contributed by atoms with van der Waals surface area (Å²) in [5.74, 6) is 0. The van der Waals surface area contributed by atoms with Crippen molar-refractivity contribution in [1.29, 1.82) is 0 Å². The maximum Gasteiger partial charge on any atom is 0.269 e. The van der Waals surface area contributed by atoms with Gasteiger partial charge in [0.05, 0.1) is 10.3 Å². The lowest BCUT2D eigenvalue weighted by Crippen LogP contribution is -2.45. The Bertz CT molecular complexity index is 471. The smallest absolute Gasteiger partial charge is 0.269 e. The van der Waals surface area contributed by atoms with E-state index >= 15 is 0 Å². The van der Waals surface area contributed by atoms with Gasteiger partial charge >= 0.3 is 0 Å². The molecule has 1 saturated heterocycles. The van der Waals surface area contributed by atoms with Crippen LogP contribution in [0, 0.1) is 10.1 Å². The van der Waals surface area contributed by atoms with Gasteiger partial charge in [-0.25, -0.2) is 0 Å². The lowest BCUT2D eigenvalue weighted by molar-refractivity contribution is -0.384. The van der Waals surface area contributed by atoms with Gasteiger partial charge in [-0.3, -0.25) is 15.0 Å². The minimum Gasteiger partial charge on any atom is -0.296 e. The van der Waals surface area contributed by atoms with Crippen molar-refractivity contribution in [3.05, 3.63) is 39.9 Å². The molecule has 1 aliphatic heterocycles. The highest BCUT2D eigenvalue weighted by molar-refractivity contribution is 6.21. The molecular weight excluding hydrogens is 276 g/mol. The van der Waals surface area contributed by atoms with Gasteiger partial charge in [0.25, 0.3) is 5.69 Å². The van der Waals surface area contributed by atoms with Gasteiger partial charge < -0.3 is 0 Å². The zero-order valence-corrected chi connectivity index (χ0v) is 12.7. The number of nitro benzene ring substituents is 1. The molecule has 0 aliphatic carbocycles. The zero-order valence-electron chi connectivity index (χ0n) is 12.0. The maximum atomic E-state index is 10.8. The predicted molar refractivity (Wildman–Crippen MR) is 81.2 cm³/mol. The van der Waals surface area contributed by atoms with Crippen molar-refractivity contribution in [1.82, 2.24) is 4.90 Å². The lowest BCUT2D eigenvalue weighted by Gasteiger charge is -2.40. The first-order valence-electron chi connectivity index (χ1n) is 7.13. The summed E-state index contributed by atoms with van der Waals surface area (Å²) in [6, 6.07) is 7.70. The van der Waals surface area contributed by atoms with E-state index < -0.39 is 0 Å². The van der Waals surface area contributed by atoms with Crippen LogP contribution in [0.5, 0.6) is 0 Å². The monoisotopic (exact) mass is 296 g/mol. The van der Waals surface area contributed by atoms with Crippen LogP contribution in [-0.2, 0) is 0 Å². The first-order chi connectivity index (χ1) is 9.49. The fourth-order valence-electron chi connectivity index (χ4n) is 2.96. The van der Waals surface area contributed by atoms with E-state index in [0.29, 0.717) is 12.1 Å². The molecule has 5 heteroatoms. The Hall–Kier alpha value is -1.13. The average Bonchev–Trinajstić information content (AvgIpc) is 2.43. The third-order valence-corrected chi connectivity index (χ3v) is 4.58. The summed E-state index contributed by atoms with van der Waals surface area (Å²) in [4.78, 5) is 12.9. The molecule has 0 aromatic heterocycles. The normalized spacial score (nSPS) is 25.4. The number of benzene rings is 1. The summed E-state index contributed by atoms with van der Waals surface area (Å²) in [7, 11) is 0. The van der Waals surface area contributed by atoms with Gasteiger partial charge in [0.2, 0.25) is 0 Å². The van der Waals surface area contributed by atoms with Crippen molar-refractivity contribution in [3.63, 3.8) is 0 Å². The molecule has 0 radical (unpaired) electrons. The molecule has 0 N–H and O–H groups in total. The van der Waals surface area contributed by atoms with E-state index in [0.717, 1.165) is 12.1 Å². The highest BCUT2D eigenvalue weighted by atomic mass is 35.5. The molecule has 1 aliphatic rings. The number of nitrogens with zero attached hydrogens (tertiary/aromatic N) is 2. The van der Waals surface area contributed by atoms with Gasteiger partial charge in [-0.1, -0.05) is 18.6 Å². The van der Waals surface area contributed by atoms with Crippen molar-refractivity contribution >= 4 is 17.3 Å². The summed E-state index contributed by atoms with van der Waals surface area (Å²) in [6.45, 7) is 5.20. The molecule has 3 atom stereocenters. The number of rotatable bonds is 4. The van der Waals surface area contributed by atoms with Gasteiger partial charge in [-0.2, -0.15) is 0 Å². The summed E-state index contributed by atoms with van der Waals surface area (Å²) >= 11 is 6.48. The number of hydrogen-bond acceptors (Lipinski definition) is 3. The van der Waals surface area contributed by atoms with E-state index in [4.69, 9.17) is 11.6 Å². The van der Waals surface area contributed by atoms with Crippen LogP contribution in [0.1, 0.15) is 44.1 Å². The predicted octanol–water partition coefficient (Wildman–Crippen LogP) is 4.14. The standard InChI is InChI=1S/C15H21ClN2O2/c1-11-5-3-6-12(2)17(11)10-15(16)13-7-4-8-14(9-13)18(19)20/h4,7-9,11-12,15H,3,5-6,10H2,1-2H3. The largest absolute Gasteiger partial charge is 0.296 e. The van der Waals surface area contributed by atoms with E-state index in [9.17, 15) is 10.1 Å². The van der Waals surface area contributed by atoms with Gasteiger partial charge in [-0.15, -0.1) is 11.6 Å². The first-order valence-corrected chi connectivity index (χ1v) is 7.57. The number of piperidine rings is 1. The average molecular weight is 297 g/mol. The molecule has 3 unspecified atom stereocenters. The van der Waals surface area contributed by atoms with Gasteiger partial charge in [0.1, 0.15) is 0 Å². The van der Waals surface area contributed by atoms with Gasteiger partial charge in [0, 0.05) is 30.8 Å². The molecule has 1 aromatic carbocycles. The SMILES string of the molecule is CC1CCCC(C)N1CC(Cl)c1cccc([N+](=O)[O-])c1. The Morgan fingerprint density at radius 2 is 2.05 bits per heavy atom. The number of alkyl halides is 1. The summed E-state index contributed by atoms with van der Waals surface area (Å²) in [5, 5.41) is 10.6. The van der Waals surface area contributed by atoms with Crippen LogP contribution in [0.4, 0.5) is 5.69 Å². The van der Waals surface area contributed by atoms with Crippen molar-refractivity contribution in [3.8, 4) is 0 Å². The minimum atomic E-state index is -0.376. The summed E-state index contributed by atoms with van der Waals surface area (Å²) in [5.41, 5.74) is 0.929. The van der Waals surface area contributed by atoms with Crippen LogP contribution < -0.4 is 0 Å². The van der Waals surface area contributed by atoms with Crippen LogP contribution in [0.25, 0.3) is 0 Å². The number of nitro groups is 1. The molecule has 0 spiro atoms. The second kappa shape index (κ2) is 6.55. The fraction of sp³-hybridized carbons (Fsp3) is 0.600. The van der Waals surface area contributed by atoms with E-state index in [-0.39, 0.29) is 16.0 Å². The second-order valence-electron chi connectivity index (χ2n) is 5.65. The topological polar surface area (TPSA) is 46.4 Å². The Kier molecular flexibility index (Phi) is 5.00. The molecule has 0 bridgehead atoms. The second-order valence-corrected chi connectivity index (χ2v) is 6.17. The Morgan fingerprint density at radius 1 is 1.40 bits per heavy atom. The molecule has 0 amide bonds. The number of non-ortho nitro benzene ring substituents is 1. The highest BCUT2D eigenvalue weighted by Crippen LogP contribution is 2.30. The van der Waals surface area contributed by atoms with Gasteiger partial charge in [0.15, 0.2) is 0 Å². The maximum absolute atomic E-state index is 10.8. The molecule has 1 aromatic rings. The van der Waals surface area contributed by atoms with Gasteiger partial charge in [-0.05, 0) is 32.3 Å². The molecule has 110 valence electrons. The van der Waals surface area contributed by atoms with Crippen LogP contribution >= 0.6 is 11.6 Å². The third kappa shape index (κ3) is 3.49. The van der Waals surface area contributed by atoms with E-state index in [1.807, 2.05) is 6.07 Å². The van der Waals surface area contributed by atoms with Crippen molar-refractivity contribution < 1.29 is 4.92 Å². The molecule has 4 nitrogen and oxygen atoms in total. The molecule has 20 heavy (non-hydrogen) atoms. The Labute approximate surface area is 124 Å². The molecule has 2 rings (SSSR count). The van der Waals surface area contributed by atoms with Crippen molar-refractivity contribution in [2.45, 2.75) is 50.6 Å². The van der Waals surface area contributed by atoms with Crippen molar-refractivity contribution in [2.24, 2.45) is 0 Å². The minimum absolute atomic E-state index is 0.105. The number of halogens is 1. The van der Waals surface area contributed by atoms with Crippen molar-refractivity contribution in [2.75, 3.05) is 6.54 Å². The zero-order chi connectivity index (χ0) is 14.7. The van der Waals surface area contributed by atoms with Crippen LogP contribution in [0.15, 0.2) is 24.3 Å². The molecule has 1 fully saturated rings. The fourth-order valence-corrected chi connectivity index (χ4v) is 3.25. The van der Waals surface area contributed by atoms with Crippen LogP contribution in [0.2, 0.25) is 0 Å². The third-order valence-electron chi connectivity index (χ3n) is 4.19. The summed E-state index contributed by atoms with van der Waals surface area (Å²) in [6.07, 6.45) is 3.66. The Balaban J connectivity index is 2.09. The van der Waals surface area contributed by atoms with E-state index in [1.54, 1.807) is 12.1 Å². The highest BCUT2D eigenvalue weighted by Gasteiger charge is 2.27. The quantitative estimate of drug-likeness (QED) is 0.476. The first kappa shape index (κ1) is 15.3. The van der Waals surface area contributed by atoms with Crippen LogP contribution in [0.3, 0.4) is 0 Å². The van der Waals surface area contributed by atoms with E-state index in [2.05, 4.69) is 18.7 Å². The van der Waals surface area contributed by atoms with E-state index in [1.165, 1.54) is 25.3 Å². The summed E-state index contributed by atoms with van der Waals surface area (Å²) < 4.78 is 0. The molecular formula is C15H21ClN2O2. The number of likely N-dealkylation sites (tertiary alicyclic amines) is 1. The molecule has 1 heterocycles. The lowest BCUT2D eigenvalue weighted by atomic mass is 9.96. The Morgan fingerprint density at radius 3 is 2.65 bits per heavy atom. The molecule has 0 saturated carbocycles. The van der Waals surface area contributed by atoms with Crippen LogP contribution in [-0.4, -0.2) is 28.5 Å².